The highest BCUT2D eigenvalue weighted by atomic mass is 79.9. The van der Waals surface area contributed by atoms with Gasteiger partial charge in [-0.1, -0.05) is 31.9 Å². The summed E-state index contributed by atoms with van der Waals surface area (Å²) in [6.07, 6.45) is 3.38. The largest absolute Gasteiger partial charge is 0.457 e. The smallest absolute Gasteiger partial charge is 0.317 e. The Morgan fingerprint density at radius 3 is 1.80 bits per heavy atom. The SMILES string of the molecule is O=C(CBr)OC1C=C[C@H](OC(=O)CBr)C1. The molecule has 0 aliphatic heterocycles. The maximum Gasteiger partial charge on any atom is 0.317 e. The summed E-state index contributed by atoms with van der Waals surface area (Å²) < 4.78 is 10.1. The molecule has 0 aromatic carbocycles. The van der Waals surface area contributed by atoms with Gasteiger partial charge in [0.1, 0.15) is 22.9 Å². The van der Waals surface area contributed by atoms with E-state index in [1.807, 2.05) is 0 Å². The van der Waals surface area contributed by atoms with Crippen LogP contribution in [0.2, 0.25) is 0 Å². The van der Waals surface area contributed by atoms with Crippen LogP contribution in [0, 0.1) is 0 Å². The molecule has 0 saturated carbocycles. The number of hydrogen-bond acceptors (Lipinski definition) is 4. The molecule has 0 aromatic rings. The second kappa shape index (κ2) is 6.27. The maximum atomic E-state index is 10.9. The average Bonchev–Trinajstić information content (AvgIpc) is 2.65. The first-order valence-electron chi connectivity index (χ1n) is 4.35. The van der Waals surface area contributed by atoms with E-state index in [-0.39, 0.29) is 34.8 Å². The second-order valence-electron chi connectivity index (χ2n) is 2.94. The number of alkyl halides is 2. The fourth-order valence-electron chi connectivity index (χ4n) is 1.21. The minimum absolute atomic E-state index is 0.170. The van der Waals surface area contributed by atoms with Crippen LogP contribution >= 0.6 is 31.9 Å². The van der Waals surface area contributed by atoms with Crippen molar-refractivity contribution in [1.29, 1.82) is 0 Å². The Labute approximate surface area is 104 Å². The molecule has 0 saturated heterocycles. The number of carbonyl (C=O) groups is 2. The molecule has 0 fully saturated rings. The highest BCUT2D eigenvalue weighted by Crippen LogP contribution is 2.18. The molecule has 0 amide bonds. The summed E-state index contributed by atoms with van der Waals surface area (Å²) in [6, 6.07) is 0. The molecule has 0 aromatic heterocycles. The topological polar surface area (TPSA) is 52.6 Å². The highest BCUT2D eigenvalue weighted by molar-refractivity contribution is 9.09. The zero-order valence-corrected chi connectivity index (χ0v) is 11.0. The normalized spacial score (nSPS) is 23.9. The third-order valence-electron chi connectivity index (χ3n) is 1.79. The van der Waals surface area contributed by atoms with E-state index in [1.165, 1.54) is 0 Å². The molecule has 0 spiro atoms. The third-order valence-corrected chi connectivity index (χ3v) is 2.70. The molecular formula is C9H10Br2O4. The molecule has 1 aliphatic rings. The molecule has 1 rings (SSSR count). The Balaban J connectivity index is 2.31. The van der Waals surface area contributed by atoms with Gasteiger partial charge in [-0.05, 0) is 12.2 Å². The van der Waals surface area contributed by atoms with Gasteiger partial charge in [0.25, 0.3) is 0 Å². The van der Waals surface area contributed by atoms with Crippen molar-refractivity contribution in [3.05, 3.63) is 12.2 Å². The van der Waals surface area contributed by atoms with Crippen LogP contribution in [0.3, 0.4) is 0 Å². The molecule has 4 nitrogen and oxygen atoms in total. The first-order valence-corrected chi connectivity index (χ1v) is 6.59. The lowest BCUT2D eigenvalue weighted by atomic mass is 10.3. The Morgan fingerprint density at radius 2 is 1.47 bits per heavy atom. The van der Waals surface area contributed by atoms with Crippen LogP contribution in [0.15, 0.2) is 12.2 Å². The summed E-state index contributed by atoms with van der Waals surface area (Å²) >= 11 is 6.00. The van der Waals surface area contributed by atoms with Gasteiger partial charge in [-0.2, -0.15) is 0 Å². The van der Waals surface area contributed by atoms with Gasteiger partial charge in [0, 0.05) is 6.42 Å². The molecule has 0 N–H and O–H groups in total. The van der Waals surface area contributed by atoms with Crippen molar-refractivity contribution < 1.29 is 19.1 Å². The molecule has 2 atom stereocenters. The number of halogens is 2. The average molecular weight is 342 g/mol. The van der Waals surface area contributed by atoms with Crippen molar-refractivity contribution in [3.63, 3.8) is 0 Å². The van der Waals surface area contributed by atoms with E-state index in [4.69, 9.17) is 9.47 Å². The zero-order chi connectivity index (χ0) is 11.3. The van der Waals surface area contributed by atoms with Crippen LogP contribution in [-0.2, 0) is 19.1 Å². The third kappa shape index (κ3) is 4.34. The first kappa shape index (κ1) is 12.7. The van der Waals surface area contributed by atoms with Crippen LogP contribution in [0.1, 0.15) is 6.42 Å². The van der Waals surface area contributed by atoms with Gasteiger partial charge in [0.2, 0.25) is 0 Å². The monoisotopic (exact) mass is 340 g/mol. The Kier molecular flexibility index (Phi) is 5.31. The van der Waals surface area contributed by atoms with Gasteiger partial charge in [-0.25, -0.2) is 0 Å². The minimum atomic E-state index is -0.322. The van der Waals surface area contributed by atoms with Gasteiger partial charge < -0.3 is 9.47 Å². The van der Waals surface area contributed by atoms with Gasteiger partial charge in [0.15, 0.2) is 0 Å². The van der Waals surface area contributed by atoms with Crippen LogP contribution < -0.4 is 0 Å². The molecule has 6 heteroatoms. The van der Waals surface area contributed by atoms with Gasteiger partial charge in [-0.15, -0.1) is 0 Å². The molecule has 84 valence electrons. The molecule has 0 radical (unpaired) electrons. The summed E-state index contributed by atoms with van der Waals surface area (Å²) in [7, 11) is 0. The van der Waals surface area contributed by atoms with E-state index in [0.29, 0.717) is 6.42 Å². The van der Waals surface area contributed by atoms with Crippen LogP contribution in [0.5, 0.6) is 0 Å². The van der Waals surface area contributed by atoms with E-state index in [9.17, 15) is 9.59 Å². The Bertz CT molecular complexity index is 251. The van der Waals surface area contributed by atoms with Crippen molar-refractivity contribution in [2.75, 3.05) is 10.7 Å². The molecule has 1 unspecified atom stereocenters. The predicted octanol–water partition coefficient (Wildman–Crippen LogP) is 1.56. The summed E-state index contributed by atoms with van der Waals surface area (Å²) in [5.41, 5.74) is 0. The molecule has 15 heavy (non-hydrogen) atoms. The number of hydrogen-bond donors (Lipinski definition) is 0. The fourth-order valence-corrected chi connectivity index (χ4v) is 1.47. The lowest BCUT2D eigenvalue weighted by Gasteiger charge is -2.12. The van der Waals surface area contributed by atoms with Crippen LogP contribution in [-0.4, -0.2) is 34.8 Å². The fraction of sp³-hybridized carbons (Fsp3) is 0.556. The second-order valence-corrected chi connectivity index (χ2v) is 4.07. The van der Waals surface area contributed by atoms with Gasteiger partial charge in [-0.3, -0.25) is 9.59 Å². The lowest BCUT2D eigenvalue weighted by molar-refractivity contribution is -0.146. The number of ether oxygens (including phenoxy) is 2. The maximum absolute atomic E-state index is 10.9. The predicted molar refractivity (Wildman–Crippen MR) is 61.1 cm³/mol. The van der Waals surface area contributed by atoms with Crippen molar-refractivity contribution in [2.24, 2.45) is 0 Å². The van der Waals surface area contributed by atoms with E-state index < -0.39 is 0 Å². The minimum Gasteiger partial charge on any atom is -0.457 e. The van der Waals surface area contributed by atoms with Crippen molar-refractivity contribution in [2.45, 2.75) is 18.6 Å². The zero-order valence-electron chi connectivity index (χ0n) is 7.82. The van der Waals surface area contributed by atoms with E-state index in [1.54, 1.807) is 12.2 Å². The molecule has 1 aliphatic carbocycles. The van der Waals surface area contributed by atoms with Crippen molar-refractivity contribution in [3.8, 4) is 0 Å². The Hall–Kier alpha value is -0.360. The summed E-state index contributed by atoms with van der Waals surface area (Å²) in [5, 5.41) is 0.340. The Morgan fingerprint density at radius 1 is 1.07 bits per heavy atom. The highest BCUT2D eigenvalue weighted by Gasteiger charge is 2.24. The molecule has 0 bridgehead atoms. The summed E-state index contributed by atoms with van der Waals surface area (Å²) in [5.74, 6) is -0.644. The first-order chi connectivity index (χ1) is 7.15. The standard InChI is InChI=1S/C9H10Br2O4/c10-4-8(12)14-6-1-2-7(3-6)15-9(13)5-11/h1-2,6-7H,3-5H2/t6-,7?/m0/s1. The summed E-state index contributed by atoms with van der Waals surface area (Å²) in [4.78, 5) is 21.9. The van der Waals surface area contributed by atoms with E-state index in [0.717, 1.165) is 0 Å². The summed E-state index contributed by atoms with van der Waals surface area (Å²) in [6.45, 7) is 0. The number of esters is 2. The van der Waals surface area contributed by atoms with Gasteiger partial charge in [0.05, 0.1) is 0 Å². The molecule has 0 heterocycles. The van der Waals surface area contributed by atoms with Crippen molar-refractivity contribution in [1.82, 2.24) is 0 Å². The molecular weight excluding hydrogens is 332 g/mol. The van der Waals surface area contributed by atoms with Gasteiger partial charge >= 0.3 is 11.9 Å². The van der Waals surface area contributed by atoms with E-state index in [2.05, 4.69) is 31.9 Å². The number of rotatable bonds is 4. The lowest BCUT2D eigenvalue weighted by Crippen LogP contribution is -2.20. The van der Waals surface area contributed by atoms with E-state index >= 15 is 0 Å². The quantitative estimate of drug-likeness (QED) is 0.442. The number of carbonyl (C=O) groups excluding carboxylic acids is 2. The van der Waals surface area contributed by atoms with Crippen LogP contribution in [0.4, 0.5) is 0 Å². The van der Waals surface area contributed by atoms with Crippen molar-refractivity contribution >= 4 is 43.8 Å². The van der Waals surface area contributed by atoms with Crippen LogP contribution in [0.25, 0.3) is 0 Å².